The third kappa shape index (κ3) is 4.39. The summed E-state index contributed by atoms with van der Waals surface area (Å²) in [6, 6.07) is 7.71. The van der Waals surface area contributed by atoms with E-state index in [0.717, 1.165) is 46.9 Å². The summed E-state index contributed by atoms with van der Waals surface area (Å²) in [7, 11) is 0. The van der Waals surface area contributed by atoms with Crippen LogP contribution in [0.5, 0.6) is 11.5 Å². The van der Waals surface area contributed by atoms with Crippen molar-refractivity contribution < 1.29 is 9.47 Å². The van der Waals surface area contributed by atoms with Crippen LogP contribution in [0, 0.1) is 0 Å². The van der Waals surface area contributed by atoms with Crippen LogP contribution < -0.4 is 9.47 Å². The van der Waals surface area contributed by atoms with E-state index in [-0.39, 0.29) is 0 Å². The van der Waals surface area contributed by atoms with Crippen molar-refractivity contribution in [3.05, 3.63) is 35.1 Å². The van der Waals surface area contributed by atoms with Crippen LogP contribution in [0.1, 0.15) is 43.4 Å². The number of hydrogen-bond acceptors (Lipinski definition) is 7. The number of fused-ring (bicyclic) bond motifs is 1. The summed E-state index contributed by atoms with van der Waals surface area (Å²) >= 11 is 1.52. The number of likely N-dealkylation sites (tertiary alicyclic amines) is 1. The molecule has 0 spiro atoms. The largest absolute Gasteiger partial charge is 0.490 e. The van der Waals surface area contributed by atoms with Gasteiger partial charge in [-0.3, -0.25) is 4.90 Å². The summed E-state index contributed by atoms with van der Waals surface area (Å²) in [4.78, 5) is 3.27. The summed E-state index contributed by atoms with van der Waals surface area (Å²) in [5.74, 6) is 2.39. The van der Waals surface area contributed by atoms with Gasteiger partial charge in [-0.05, 0) is 45.0 Å². The van der Waals surface area contributed by atoms with Gasteiger partial charge in [0, 0.05) is 0 Å². The first-order valence-corrected chi connectivity index (χ1v) is 10.4. The summed E-state index contributed by atoms with van der Waals surface area (Å²) < 4.78 is 13.4. The Morgan fingerprint density at radius 1 is 1.00 bits per heavy atom. The topological polar surface area (TPSA) is 64.8 Å². The Morgan fingerprint density at radius 3 is 2.48 bits per heavy atom. The van der Waals surface area contributed by atoms with Crippen molar-refractivity contribution in [1.29, 1.82) is 0 Å². The lowest BCUT2D eigenvalue weighted by molar-refractivity contribution is 0.264. The average Bonchev–Trinajstić information content (AvgIpc) is 3.14. The first kappa shape index (κ1) is 18.2. The maximum Gasteiger partial charge on any atom is 0.234 e. The van der Waals surface area contributed by atoms with Crippen LogP contribution in [0.3, 0.4) is 0 Å². The molecule has 0 N–H and O–H groups in total. The van der Waals surface area contributed by atoms with E-state index in [0.29, 0.717) is 13.2 Å². The molecule has 1 aliphatic heterocycles. The number of hydrogen-bond donors (Lipinski definition) is 0. The van der Waals surface area contributed by atoms with Crippen molar-refractivity contribution in [2.45, 2.75) is 45.8 Å². The highest BCUT2D eigenvalue weighted by molar-refractivity contribution is 7.16. The number of ether oxygens (including phenoxy) is 2. The van der Waals surface area contributed by atoms with Crippen molar-refractivity contribution in [2.75, 3.05) is 19.7 Å². The average molecular weight is 388 g/mol. The summed E-state index contributed by atoms with van der Waals surface area (Å²) in [6.07, 6.45) is 5.18. The molecule has 0 aliphatic carbocycles. The van der Waals surface area contributed by atoms with Gasteiger partial charge < -0.3 is 9.47 Å². The Morgan fingerprint density at radius 2 is 1.74 bits per heavy atom. The van der Waals surface area contributed by atoms with E-state index in [1.54, 1.807) is 0 Å². The lowest BCUT2D eigenvalue weighted by atomic mass is 10.2. The molecular formula is C19H25N5O2S. The van der Waals surface area contributed by atoms with E-state index in [9.17, 15) is 0 Å². The summed E-state index contributed by atoms with van der Waals surface area (Å²) in [5, 5.41) is 14.2. The zero-order valence-corrected chi connectivity index (χ0v) is 16.5. The van der Waals surface area contributed by atoms with Crippen LogP contribution in [-0.2, 0) is 13.2 Å². The molecule has 8 heteroatoms. The van der Waals surface area contributed by atoms with Gasteiger partial charge in [0.25, 0.3) is 0 Å². The standard InChI is InChI=1S/C19H25N5O2S/c1-2-25-15-9-5-6-10-16(15)26-14-18-22-24-17(20-21-19(24)27-18)13-23-11-7-3-4-8-12-23/h5-6,9-10H,2-4,7-8,11-14H2,1H3. The molecule has 7 nitrogen and oxygen atoms in total. The second-order valence-electron chi connectivity index (χ2n) is 6.67. The van der Waals surface area contributed by atoms with Gasteiger partial charge in [-0.2, -0.15) is 9.61 Å². The Kier molecular flexibility index (Phi) is 5.84. The number of para-hydroxylation sites is 2. The minimum absolute atomic E-state index is 0.390. The molecule has 1 aromatic carbocycles. The fourth-order valence-electron chi connectivity index (χ4n) is 3.33. The van der Waals surface area contributed by atoms with Crippen molar-refractivity contribution >= 4 is 16.3 Å². The van der Waals surface area contributed by atoms with Gasteiger partial charge in [-0.1, -0.05) is 36.3 Å². The molecule has 3 heterocycles. The molecule has 3 aromatic rings. The maximum atomic E-state index is 5.93. The van der Waals surface area contributed by atoms with E-state index >= 15 is 0 Å². The molecule has 27 heavy (non-hydrogen) atoms. The highest BCUT2D eigenvalue weighted by Crippen LogP contribution is 2.27. The fourth-order valence-corrected chi connectivity index (χ4v) is 4.10. The molecule has 0 atom stereocenters. The lowest BCUT2D eigenvalue weighted by Gasteiger charge is -2.17. The van der Waals surface area contributed by atoms with Gasteiger partial charge >= 0.3 is 0 Å². The van der Waals surface area contributed by atoms with E-state index in [2.05, 4.69) is 20.2 Å². The van der Waals surface area contributed by atoms with Gasteiger partial charge in [0.2, 0.25) is 4.96 Å². The van der Waals surface area contributed by atoms with Crippen molar-refractivity contribution in [3.8, 4) is 11.5 Å². The van der Waals surface area contributed by atoms with Gasteiger partial charge in [-0.15, -0.1) is 10.2 Å². The predicted molar refractivity (Wildman–Crippen MR) is 104 cm³/mol. The minimum atomic E-state index is 0.390. The van der Waals surface area contributed by atoms with Crippen LogP contribution in [-0.4, -0.2) is 44.4 Å². The Labute approximate surface area is 162 Å². The van der Waals surface area contributed by atoms with Crippen LogP contribution in [0.15, 0.2) is 24.3 Å². The second-order valence-corrected chi connectivity index (χ2v) is 7.71. The Balaban J connectivity index is 1.44. The highest BCUT2D eigenvalue weighted by atomic mass is 32.1. The lowest BCUT2D eigenvalue weighted by Crippen LogP contribution is -2.25. The van der Waals surface area contributed by atoms with E-state index in [1.807, 2.05) is 35.7 Å². The molecule has 144 valence electrons. The van der Waals surface area contributed by atoms with Gasteiger partial charge in [0.05, 0.1) is 13.2 Å². The molecule has 1 saturated heterocycles. The first-order valence-electron chi connectivity index (χ1n) is 9.60. The van der Waals surface area contributed by atoms with Gasteiger partial charge in [-0.25, -0.2) is 0 Å². The second kappa shape index (κ2) is 8.67. The van der Waals surface area contributed by atoms with Crippen LogP contribution in [0.4, 0.5) is 0 Å². The zero-order valence-electron chi connectivity index (χ0n) is 15.6. The quantitative estimate of drug-likeness (QED) is 0.618. The van der Waals surface area contributed by atoms with Crippen molar-refractivity contribution in [1.82, 2.24) is 24.7 Å². The van der Waals surface area contributed by atoms with E-state index in [4.69, 9.17) is 9.47 Å². The zero-order chi connectivity index (χ0) is 18.5. The third-order valence-electron chi connectivity index (χ3n) is 4.66. The monoisotopic (exact) mass is 387 g/mol. The Hall–Kier alpha value is -2.19. The predicted octanol–water partition coefficient (Wildman–Crippen LogP) is 3.54. The van der Waals surface area contributed by atoms with Crippen LogP contribution in [0.2, 0.25) is 0 Å². The summed E-state index contributed by atoms with van der Waals surface area (Å²) in [6.45, 7) is 6.02. The van der Waals surface area contributed by atoms with Gasteiger partial charge in [0.1, 0.15) is 6.61 Å². The normalized spacial score (nSPS) is 15.7. The van der Waals surface area contributed by atoms with Crippen LogP contribution in [0.25, 0.3) is 4.96 Å². The minimum Gasteiger partial charge on any atom is -0.490 e. The number of rotatable bonds is 7. The maximum absolute atomic E-state index is 5.93. The first-order chi connectivity index (χ1) is 13.3. The molecule has 2 aromatic heterocycles. The molecule has 0 radical (unpaired) electrons. The van der Waals surface area contributed by atoms with Crippen molar-refractivity contribution in [3.63, 3.8) is 0 Å². The highest BCUT2D eigenvalue weighted by Gasteiger charge is 2.17. The van der Waals surface area contributed by atoms with E-state index in [1.165, 1.54) is 37.0 Å². The number of aromatic nitrogens is 4. The molecule has 4 rings (SSSR count). The smallest absolute Gasteiger partial charge is 0.234 e. The SMILES string of the molecule is CCOc1ccccc1OCc1nn2c(CN3CCCCCC3)nnc2s1. The molecule has 1 aliphatic rings. The molecule has 0 saturated carbocycles. The molecule has 0 unspecified atom stereocenters. The third-order valence-corrected chi connectivity index (χ3v) is 5.53. The molecule has 0 bridgehead atoms. The van der Waals surface area contributed by atoms with Crippen molar-refractivity contribution in [2.24, 2.45) is 0 Å². The van der Waals surface area contributed by atoms with Gasteiger partial charge in [0.15, 0.2) is 22.3 Å². The fraction of sp³-hybridized carbons (Fsp3) is 0.526. The van der Waals surface area contributed by atoms with E-state index < -0.39 is 0 Å². The Bertz CT molecular complexity index is 870. The number of benzene rings is 1. The summed E-state index contributed by atoms with van der Waals surface area (Å²) in [5.41, 5.74) is 0. The van der Waals surface area contributed by atoms with Crippen LogP contribution >= 0.6 is 11.3 Å². The molecule has 0 amide bonds. The molecular weight excluding hydrogens is 362 g/mol. The number of nitrogens with zero attached hydrogens (tertiary/aromatic N) is 5. The molecule has 1 fully saturated rings.